The predicted molar refractivity (Wildman–Crippen MR) is 126 cm³/mol. The Labute approximate surface area is 197 Å². The van der Waals surface area contributed by atoms with E-state index < -0.39 is 12.0 Å². The number of Topliss-reactive ketones (excluding diaryl/α,β-unsaturated/α-hetero) is 1. The molecule has 2 atom stereocenters. The van der Waals surface area contributed by atoms with Crippen LogP contribution in [-0.2, 0) is 4.79 Å². The van der Waals surface area contributed by atoms with Crippen LogP contribution in [-0.4, -0.2) is 36.0 Å². The smallest absolute Gasteiger partial charge is 0.257 e. The van der Waals surface area contributed by atoms with Gasteiger partial charge in [-0.3, -0.25) is 9.59 Å². The number of nitrogens with one attached hydrogen (secondary N) is 1. The van der Waals surface area contributed by atoms with Gasteiger partial charge in [0.05, 0.1) is 31.2 Å². The maximum absolute atomic E-state index is 13.2. The fourth-order valence-electron chi connectivity index (χ4n) is 4.71. The maximum Gasteiger partial charge on any atom is 0.257 e. The minimum Gasteiger partial charge on any atom is -0.497 e. The summed E-state index contributed by atoms with van der Waals surface area (Å²) in [6, 6.07) is 18.4. The zero-order chi connectivity index (χ0) is 23.8. The molecule has 2 N–H and O–H groups in total. The minimum atomic E-state index is -1.32. The summed E-state index contributed by atoms with van der Waals surface area (Å²) < 4.78 is 10.8. The normalized spacial score (nSPS) is 19.6. The fraction of sp³-hybridized carbons (Fsp3) is 0.222. The Bertz CT molecular complexity index is 1320. The zero-order valence-electron chi connectivity index (χ0n) is 18.9. The summed E-state index contributed by atoms with van der Waals surface area (Å²) >= 11 is 0. The van der Waals surface area contributed by atoms with Gasteiger partial charge in [0.2, 0.25) is 0 Å². The molecule has 3 aromatic rings. The number of carbonyl (C=O) groups excluding carboxylic acids is 2. The highest BCUT2D eigenvalue weighted by atomic mass is 16.5. The first kappa shape index (κ1) is 21.9. The van der Waals surface area contributed by atoms with E-state index >= 15 is 0 Å². The second-order valence-corrected chi connectivity index (χ2v) is 8.38. The van der Waals surface area contributed by atoms with E-state index in [0.29, 0.717) is 34.9 Å². The van der Waals surface area contributed by atoms with Crippen LogP contribution >= 0.6 is 0 Å². The molecule has 0 bridgehead atoms. The number of benzene rings is 2. The summed E-state index contributed by atoms with van der Waals surface area (Å²) in [5, 5.41) is 14.2. The van der Waals surface area contributed by atoms with Crippen molar-refractivity contribution in [3.05, 3.63) is 88.8 Å². The second kappa shape index (κ2) is 8.76. The van der Waals surface area contributed by atoms with E-state index in [9.17, 15) is 14.7 Å². The van der Waals surface area contributed by atoms with Crippen molar-refractivity contribution in [1.29, 1.82) is 0 Å². The number of nitrogens with zero attached hydrogens (tertiary/aromatic N) is 1. The van der Waals surface area contributed by atoms with E-state index in [0.717, 1.165) is 5.56 Å². The number of ketones is 1. The van der Waals surface area contributed by atoms with Gasteiger partial charge in [-0.1, -0.05) is 30.3 Å². The number of hydrogen-bond donors (Lipinski definition) is 2. The standard InChI is InChI=1S/C27H24N2O5/c1-33-17-8-11-23(34-2)19(14-17)20-10-9-18-25(28-20)26(31)24-21(29-27(18)32)12-16(13-22(24)30)15-6-4-3-5-7-15/h3-11,14,16,26,31H,12-13H2,1-2H3,(H,29,32). The Kier molecular flexibility index (Phi) is 5.63. The largest absolute Gasteiger partial charge is 0.497 e. The van der Waals surface area contributed by atoms with Crippen LogP contribution in [0.4, 0.5) is 0 Å². The van der Waals surface area contributed by atoms with Crippen LogP contribution in [0.15, 0.2) is 71.9 Å². The van der Waals surface area contributed by atoms with Crippen LogP contribution in [0.2, 0.25) is 0 Å². The number of pyridine rings is 1. The van der Waals surface area contributed by atoms with Crippen LogP contribution < -0.4 is 14.8 Å². The Morgan fingerprint density at radius 1 is 0.941 bits per heavy atom. The van der Waals surface area contributed by atoms with Crippen LogP contribution in [0.3, 0.4) is 0 Å². The lowest BCUT2D eigenvalue weighted by atomic mass is 9.80. The third-order valence-corrected chi connectivity index (χ3v) is 6.43. The second-order valence-electron chi connectivity index (χ2n) is 8.38. The summed E-state index contributed by atoms with van der Waals surface area (Å²) in [4.78, 5) is 30.9. The van der Waals surface area contributed by atoms with Crippen LogP contribution in [0.5, 0.6) is 11.5 Å². The van der Waals surface area contributed by atoms with Crippen LogP contribution in [0.25, 0.3) is 11.3 Å². The van der Waals surface area contributed by atoms with E-state index in [1.165, 1.54) is 0 Å². The van der Waals surface area contributed by atoms with Crippen molar-refractivity contribution >= 4 is 11.7 Å². The molecule has 7 nitrogen and oxygen atoms in total. The molecule has 0 spiro atoms. The van der Waals surface area contributed by atoms with Crippen molar-refractivity contribution in [3.63, 3.8) is 0 Å². The Balaban J connectivity index is 1.58. The number of hydrogen-bond acceptors (Lipinski definition) is 6. The molecule has 7 heteroatoms. The fourth-order valence-corrected chi connectivity index (χ4v) is 4.71. The summed E-state index contributed by atoms with van der Waals surface area (Å²) in [6.07, 6.45) is -0.600. The molecule has 172 valence electrons. The van der Waals surface area contributed by atoms with Gasteiger partial charge in [-0.05, 0) is 48.2 Å². The van der Waals surface area contributed by atoms with E-state index in [-0.39, 0.29) is 35.0 Å². The van der Waals surface area contributed by atoms with Gasteiger partial charge < -0.3 is 19.9 Å². The van der Waals surface area contributed by atoms with Gasteiger partial charge in [0.1, 0.15) is 17.6 Å². The number of allylic oxidation sites excluding steroid dienone is 1. The van der Waals surface area contributed by atoms with Gasteiger partial charge >= 0.3 is 0 Å². The van der Waals surface area contributed by atoms with Crippen molar-refractivity contribution in [2.75, 3.05) is 14.2 Å². The van der Waals surface area contributed by atoms with Gasteiger partial charge in [0, 0.05) is 23.3 Å². The molecule has 1 aliphatic carbocycles. The third kappa shape index (κ3) is 3.74. The molecule has 5 rings (SSSR count). The molecule has 1 amide bonds. The van der Waals surface area contributed by atoms with Crippen molar-refractivity contribution in [1.82, 2.24) is 10.3 Å². The van der Waals surface area contributed by atoms with E-state index in [4.69, 9.17) is 9.47 Å². The molecule has 0 radical (unpaired) electrons. The quantitative estimate of drug-likeness (QED) is 0.617. The minimum absolute atomic E-state index is 0.0641. The molecular weight excluding hydrogens is 432 g/mol. The number of amides is 1. The molecule has 34 heavy (non-hydrogen) atoms. The summed E-state index contributed by atoms with van der Waals surface area (Å²) in [5.41, 5.74) is 3.22. The predicted octanol–water partition coefficient (Wildman–Crippen LogP) is 3.94. The number of rotatable bonds is 4. The summed E-state index contributed by atoms with van der Waals surface area (Å²) in [7, 11) is 3.12. The number of aliphatic hydroxyl groups is 1. The van der Waals surface area contributed by atoms with E-state index in [1.54, 1.807) is 44.6 Å². The van der Waals surface area contributed by atoms with Gasteiger partial charge in [-0.15, -0.1) is 0 Å². The topological polar surface area (TPSA) is 97.8 Å². The third-order valence-electron chi connectivity index (χ3n) is 6.43. The first-order valence-corrected chi connectivity index (χ1v) is 11.0. The number of fused-ring (bicyclic) bond motifs is 1. The van der Waals surface area contributed by atoms with Gasteiger partial charge in [-0.25, -0.2) is 4.98 Å². The highest BCUT2D eigenvalue weighted by molar-refractivity contribution is 6.04. The summed E-state index contributed by atoms with van der Waals surface area (Å²) in [5.74, 6) is 0.537. The lowest BCUT2D eigenvalue weighted by Gasteiger charge is -2.27. The highest BCUT2D eigenvalue weighted by Gasteiger charge is 2.38. The Hall–Kier alpha value is -3.97. The maximum atomic E-state index is 13.2. The molecule has 0 fully saturated rings. The van der Waals surface area contributed by atoms with Crippen molar-refractivity contribution in [2.24, 2.45) is 0 Å². The van der Waals surface area contributed by atoms with Crippen LogP contribution in [0, 0.1) is 0 Å². The highest BCUT2D eigenvalue weighted by Crippen LogP contribution is 2.41. The lowest BCUT2D eigenvalue weighted by molar-refractivity contribution is -0.117. The lowest BCUT2D eigenvalue weighted by Crippen LogP contribution is -2.29. The number of aliphatic hydroxyl groups excluding tert-OH is 1. The molecule has 2 aromatic carbocycles. The van der Waals surface area contributed by atoms with Crippen molar-refractivity contribution in [3.8, 4) is 22.8 Å². The number of ether oxygens (including phenoxy) is 2. The molecule has 0 saturated heterocycles. The molecule has 1 aromatic heterocycles. The average Bonchev–Trinajstić information content (AvgIpc) is 2.97. The van der Waals surface area contributed by atoms with Gasteiger partial charge in [0.25, 0.3) is 5.91 Å². The van der Waals surface area contributed by atoms with Gasteiger partial charge in [0.15, 0.2) is 5.78 Å². The Morgan fingerprint density at radius 3 is 2.47 bits per heavy atom. The first-order chi connectivity index (χ1) is 16.5. The van der Waals surface area contributed by atoms with Gasteiger partial charge in [-0.2, -0.15) is 0 Å². The van der Waals surface area contributed by atoms with Crippen molar-refractivity contribution in [2.45, 2.75) is 24.9 Å². The van der Waals surface area contributed by atoms with E-state index in [1.807, 2.05) is 30.3 Å². The molecule has 1 aliphatic heterocycles. The Morgan fingerprint density at radius 2 is 1.74 bits per heavy atom. The summed E-state index contributed by atoms with van der Waals surface area (Å²) in [6.45, 7) is 0. The molecule has 2 aliphatic rings. The SMILES string of the molecule is COc1ccc(OC)c(-c2ccc3c(n2)C(O)C2=C(CC(c4ccccc4)CC2=O)NC3=O)c1. The number of carbonyl (C=O) groups is 2. The average molecular weight is 456 g/mol. The first-order valence-electron chi connectivity index (χ1n) is 11.0. The molecule has 0 saturated carbocycles. The van der Waals surface area contributed by atoms with E-state index in [2.05, 4.69) is 10.3 Å². The van der Waals surface area contributed by atoms with Crippen molar-refractivity contribution < 1.29 is 24.2 Å². The molecule has 2 unspecified atom stereocenters. The zero-order valence-corrected chi connectivity index (χ0v) is 18.9. The van der Waals surface area contributed by atoms with Crippen LogP contribution in [0.1, 0.15) is 46.5 Å². The number of methoxy groups -OCH3 is 2. The monoisotopic (exact) mass is 456 g/mol. The number of aromatic nitrogens is 1. The molecule has 2 heterocycles. The molecular formula is C27H24N2O5.